The number of hydrogen-bond acceptors (Lipinski definition) is 1. The Kier molecular flexibility index (Phi) is 6.51. The first kappa shape index (κ1) is 25.8. The monoisotopic (exact) mass is 562 g/mol. The number of fused-ring (bicyclic) bond motifs is 3. The topological polar surface area (TPSA) is 8.17 Å². The predicted octanol–water partition coefficient (Wildman–Crippen LogP) is 11.6. The SMILES string of the molecule is c1ccc(N(c2ccccc2)c2ccccc2-c2cccc(-c3ccc4c5ccccc5n(-c5ccccc5)c4c3)c2)cc1. The molecule has 1 aromatic heterocycles. The highest BCUT2D eigenvalue weighted by Gasteiger charge is 2.17. The maximum absolute atomic E-state index is 2.38. The molecule has 2 heteroatoms. The van der Waals surface area contributed by atoms with E-state index in [4.69, 9.17) is 0 Å². The van der Waals surface area contributed by atoms with E-state index in [1.54, 1.807) is 0 Å². The van der Waals surface area contributed by atoms with Crippen molar-refractivity contribution in [2.75, 3.05) is 4.90 Å². The Bertz CT molecular complexity index is 2170. The molecule has 44 heavy (non-hydrogen) atoms. The van der Waals surface area contributed by atoms with Gasteiger partial charge in [-0.05, 0) is 77.4 Å². The maximum Gasteiger partial charge on any atom is 0.0547 e. The van der Waals surface area contributed by atoms with Gasteiger partial charge in [0.15, 0.2) is 0 Å². The summed E-state index contributed by atoms with van der Waals surface area (Å²) in [6.45, 7) is 0. The van der Waals surface area contributed by atoms with Crippen LogP contribution in [0.5, 0.6) is 0 Å². The van der Waals surface area contributed by atoms with Gasteiger partial charge in [0, 0.05) is 33.4 Å². The van der Waals surface area contributed by atoms with Crippen molar-refractivity contribution in [2.24, 2.45) is 0 Å². The van der Waals surface area contributed by atoms with Crippen LogP contribution in [0, 0.1) is 0 Å². The lowest BCUT2D eigenvalue weighted by Gasteiger charge is -2.27. The molecule has 8 aromatic rings. The van der Waals surface area contributed by atoms with E-state index in [0.717, 1.165) is 17.1 Å². The molecule has 0 atom stereocenters. The number of para-hydroxylation sites is 5. The first-order valence-corrected chi connectivity index (χ1v) is 15.0. The van der Waals surface area contributed by atoms with Gasteiger partial charge in [0.05, 0.1) is 16.7 Å². The van der Waals surface area contributed by atoms with Crippen molar-refractivity contribution >= 4 is 38.9 Å². The summed E-state index contributed by atoms with van der Waals surface area (Å²) >= 11 is 0. The summed E-state index contributed by atoms with van der Waals surface area (Å²) in [7, 11) is 0. The van der Waals surface area contributed by atoms with E-state index in [2.05, 4.69) is 191 Å². The third-order valence-corrected chi connectivity index (χ3v) is 8.37. The summed E-state index contributed by atoms with van der Waals surface area (Å²) in [5.74, 6) is 0. The summed E-state index contributed by atoms with van der Waals surface area (Å²) in [4.78, 5) is 2.34. The molecule has 0 unspecified atom stereocenters. The van der Waals surface area contributed by atoms with Crippen molar-refractivity contribution in [1.29, 1.82) is 0 Å². The third kappa shape index (κ3) is 4.54. The first-order chi connectivity index (χ1) is 21.8. The molecule has 0 aliphatic carbocycles. The zero-order chi connectivity index (χ0) is 29.3. The van der Waals surface area contributed by atoms with Crippen molar-refractivity contribution in [1.82, 2.24) is 4.57 Å². The second-order valence-corrected chi connectivity index (χ2v) is 11.0. The Morgan fingerprint density at radius 3 is 1.68 bits per heavy atom. The quantitative estimate of drug-likeness (QED) is 0.196. The molecule has 2 nitrogen and oxygen atoms in total. The van der Waals surface area contributed by atoms with Crippen LogP contribution in [0.4, 0.5) is 17.1 Å². The first-order valence-electron chi connectivity index (χ1n) is 15.0. The molecule has 0 radical (unpaired) electrons. The fourth-order valence-electron chi connectivity index (χ4n) is 6.37. The van der Waals surface area contributed by atoms with Crippen LogP contribution in [-0.4, -0.2) is 4.57 Å². The average Bonchev–Trinajstić information content (AvgIpc) is 3.44. The minimum Gasteiger partial charge on any atom is -0.310 e. The van der Waals surface area contributed by atoms with Crippen molar-refractivity contribution in [3.8, 4) is 27.9 Å². The van der Waals surface area contributed by atoms with Gasteiger partial charge in [0.25, 0.3) is 0 Å². The average molecular weight is 563 g/mol. The Morgan fingerprint density at radius 2 is 0.932 bits per heavy atom. The summed E-state index contributed by atoms with van der Waals surface area (Å²) < 4.78 is 2.38. The Morgan fingerprint density at radius 1 is 0.364 bits per heavy atom. The Balaban J connectivity index is 1.28. The van der Waals surface area contributed by atoms with Gasteiger partial charge < -0.3 is 9.47 Å². The van der Waals surface area contributed by atoms with E-state index < -0.39 is 0 Å². The number of rotatable bonds is 6. The largest absolute Gasteiger partial charge is 0.310 e. The maximum atomic E-state index is 2.38. The Labute approximate surface area is 257 Å². The minimum atomic E-state index is 1.13. The van der Waals surface area contributed by atoms with E-state index in [1.165, 1.54) is 49.7 Å². The lowest BCUT2D eigenvalue weighted by molar-refractivity contribution is 1.18. The molecule has 7 aromatic carbocycles. The molecule has 0 aliphatic rings. The smallest absolute Gasteiger partial charge is 0.0547 e. The van der Waals surface area contributed by atoms with E-state index in [1.807, 2.05) is 0 Å². The van der Waals surface area contributed by atoms with Gasteiger partial charge in [-0.1, -0.05) is 121 Å². The van der Waals surface area contributed by atoms with Gasteiger partial charge >= 0.3 is 0 Å². The fraction of sp³-hybridized carbons (Fsp3) is 0. The highest BCUT2D eigenvalue weighted by Crippen LogP contribution is 2.41. The molecule has 0 saturated heterocycles. The molecule has 8 rings (SSSR count). The van der Waals surface area contributed by atoms with E-state index >= 15 is 0 Å². The van der Waals surface area contributed by atoms with Gasteiger partial charge in [0.2, 0.25) is 0 Å². The number of benzene rings is 7. The van der Waals surface area contributed by atoms with Crippen LogP contribution >= 0.6 is 0 Å². The van der Waals surface area contributed by atoms with Gasteiger partial charge in [0.1, 0.15) is 0 Å². The molecule has 0 fully saturated rings. The lowest BCUT2D eigenvalue weighted by Crippen LogP contribution is -2.10. The van der Waals surface area contributed by atoms with Gasteiger partial charge in [-0.2, -0.15) is 0 Å². The summed E-state index contributed by atoms with van der Waals surface area (Å²) in [6.07, 6.45) is 0. The zero-order valence-electron chi connectivity index (χ0n) is 24.2. The van der Waals surface area contributed by atoms with Crippen LogP contribution in [0.3, 0.4) is 0 Å². The van der Waals surface area contributed by atoms with Crippen molar-refractivity contribution in [3.63, 3.8) is 0 Å². The van der Waals surface area contributed by atoms with Crippen LogP contribution in [0.2, 0.25) is 0 Å². The van der Waals surface area contributed by atoms with Crippen LogP contribution in [0.15, 0.2) is 182 Å². The molecule has 0 spiro atoms. The number of anilines is 3. The summed E-state index contributed by atoms with van der Waals surface area (Å²) in [5, 5.41) is 2.53. The molecule has 0 aliphatic heterocycles. The van der Waals surface area contributed by atoms with Crippen LogP contribution < -0.4 is 4.90 Å². The number of nitrogens with zero attached hydrogens (tertiary/aromatic N) is 2. The van der Waals surface area contributed by atoms with E-state index in [0.29, 0.717) is 0 Å². The van der Waals surface area contributed by atoms with Gasteiger partial charge in [-0.3, -0.25) is 0 Å². The second kappa shape index (κ2) is 11.1. The second-order valence-electron chi connectivity index (χ2n) is 11.0. The summed E-state index contributed by atoms with van der Waals surface area (Å²) in [6, 6.07) is 65.0. The zero-order valence-corrected chi connectivity index (χ0v) is 24.2. The molecular formula is C42H30N2. The Hall–Kier alpha value is -5.86. The minimum absolute atomic E-state index is 1.13. The molecule has 0 amide bonds. The van der Waals surface area contributed by atoms with E-state index in [-0.39, 0.29) is 0 Å². The highest BCUT2D eigenvalue weighted by atomic mass is 15.1. The lowest BCUT2D eigenvalue weighted by atomic mass is 9.96. The standard InChI is InChI=1S/C42H30N2/c1-4-17-34(18-5-1)43(35-19-6-2-7-20-35)40-25-12-10-23-37(40)33-16-14-15-31(29-33)32-27-28-39-38-24-11-13-26-41(38)44(42(39)30-32)36-21-8-3-9-22-36/h1-30H. The van der Waals surface area contributed by atoms with Crippen LogP contribution in [-0.2, 0) is 0 Å². The van der Waals surface area contributed by atoms with Crippen molar-refractivity contribution in [3.05, 3.63) is 182 Å². The molecule has 208 valence electrons. The summed E-state index contributed by atoms with van der Waals surface area (Å²) in [5.41, 5.74) is 11.7. The molecule has 1 heterocycles. The third-order valence-electron chi connectivity index (χ3n) is 8.37. The van der Waals surface area contributed by atoms with Crippen molar-refractivity contribution in [2.45, 2.75) is 0 Å². The highest BCUT2D eigenvalue weighted by molar-refractivity contribution is 6.10. The number of hydrogen-bond donors (Lipinski definition) is 0. The molecule has 0 bridgehead atoms. The number of aromatic nitrogens is 1. The van der Waals surface area contributed by atoms with E-state index in [9.17, 15) is 0 Å². The normalized spacial score (nSPS) is 11.2. The van der Waals surface area contributed by atoms with Gasteiger partial charge in [-0.25, -0.2) is 0 Å². The van der Waals surface area contributed by atoms with Crippen LogP contribution in [0.1, 0.15) is 0 Å². The van der Waals surface area contributed by atoms with Crippen molar-refractivity contribution < 1.29 is 0 Å². The fourth-order valence-corrected chi connectivity index (χ4v) is 6.37. The van der Waals surface area contributed by atoms with Crippen LogP contribution in [0.25, 0.3) is 49.7 Å². The predicted molar refractivity (Wildman–Crippen MR) is 186 cm³/mol. The molecular weight excluding hydrogens is 532 g/mol. The van der Waals surface area contributed by atoms with Gasteiger partial charge in [-0.15, -0.1) is 0 Å². The molecule has 0 N–H and O–H groups in total. The molecule has 0 saturated carbocycles.